The minimum atomic E-state index is 0.547. The number of aromatic nitrogens is 7. The summed E-state index contributed by atoms with van der Waals surface area (Å²) < 4.78 is 6.90. The topological polar surface area (TPSA) is 74.3 Å². The fraction of sp³-hybridized carbons (Fsp3) is 0. The van der Waals surface area contributed by atoms with Crippen LogP contribution in [0.4, 0.5) is 0 Å². The van der Waals surface area contributed by atoms with E-state index in [0.29, 0.717) is 23.4 Å². The summed E-state index contributed by atoms with van der Waals surface area (Å²) in [6.45, 7) is 0. The quantitative estimate of drug-likeness (QED) is 0.167. The predicted molar refractivity (Wildman–Crippen MR) is 259 cm³/mol. The van der Waals surface area contributed by atoms with Gasteiger partial charge in [0.15, 0.2) is 17.5 Å². The van der Waals surface area contributed by atoms with Crippen molar-refractivity contribution in [1.29, 1.82) is 0 Å². The van der Waals surface area contributed by atoms with Crippen molar-refractivity contribution < 1.29 is 0 Å². The van der Waals surface area contributed by atoms with Crippen molar-refractivity contribution in [3.8, 4) is 57.1 Å². The standard InChI is InChI=1S/C55H33N7S/c1-4-17-34(18-5-1)51-57-52(35-19-6-2-7-20-35)60-55(59-51)62-44-28-13-10-23-38(44)43-33-36(31-32-46(43)62)53-56-49(42-27-16-26-40-39-24-12-15-30-47(39)63-50(40)42)48-41-25-11-14-29-45(41)61(54(48)58-53)37-21-8-3-9-22-37/h1-33H. The minimum absolute atomic E-state index is 0.547. The second-order valence-electron chi connectivity index (χ2n) is 15.7. The van der Waals surface area contributed by atoms with Gasteiger partial charge in [0.2, 0.25) is 5.95 Å². The fourth-order valence-electron chi connectivity index (χ4n) is 9.17. The fourth-order valence-corrected chi connectivity index (χ4v) is 10.4. The molecule has 0 aliphatic carbocycles. The van der Waals surface area contributed by atoms with Crippen LogP contribution in [-0.4, -0.2) is 34.1 Å². The van der Waals surface area contributed by atoms with Gasteiger partial charge in [-0.05, 0) is 48.5 Å². The van der Waals surface area contributed by atoms with Crippen LogP contribution in [0.15, 0.2) is 200 Å². The largest absolute Gasteiger partial charge is 0.294 e. The molecule has 0 unspecified atom stereocenters. The van der Waals surface area contributed by atoms with Gasteiger partial charge in [0.25, 0.3) is 0 Å². The Hall–Kier alpha value is -8.33. The number of rotatable bonds is 6. The second-order valence-corrected chi connectivity index (χ2v) is 16.7. The number of para-hydroxylation sites is 3. The number of benzene rings is 8. The number of thiophene rings is 1. The summed E-state index contributed by atoms with van der Waals surface area (Å²) in [5, 5.41) is 6.74. The summed E-state index contributed by atoms with van der Waals surface area (Å²) in [5.41, 5.74) is 9.69. The highest BCUT2D eigenvalue weighted by Gasteiger charge is 2.24. The van der Waals surface area contributed by atoms with E-state index in [4.69, 9.17) is 24.9 Å². The van der Waals surface area contributed by atoms with Gasteiger partial charge in [0.05, 0.1) is 27.6 Å². The first-order chi connectivity index (χ1) is 31.2. The predicted octanol–water partition coefficient (Wildman–Crippen LogP) is 13.9. The van der Waals surface area contributed by atoms with Crippen LogP contribution in [0, 0.1) is 0 Å². The second kappa shape index (κ2) is 14.1. The average Bonchev–Trinajstić information content (AvgIpc) is 4.02. The van der Waals surface area contributed by atoms with Gasteiger partial charge >= 0.3 is 0 Å². The van der Waals surface area contributed by atoms with E-state index in [-0.39, 0.29) is 0 Å². The van der Waals surface area contributed by atoms with Crippen LogP contribution in [0.2, 0.25) is 0 Å². The minimum Gasteiger partial charge on any atom is -0.294 e. The lowest BCUT2D eigenvalue weighted by atomic mass is 10.0. The monoisotopic (exact) mass is 823 g/mol. The Bertz CT molecular complexity index is 3850. The number of hydrogen-bond donors (Lipinski definition) is 0. The van der Waals surface area contributed by atoms with E-state index in [0.717, 1.165) is 77.4 Å². The molecule has 0 radical (unpaired) electrons. The normalized spacial score (nSPS) is 11.8. The number of hydrogen-bond acceptors (Lipinski definition) is 6. The SMILES string of the molecule is c1ccc(-c2nc(-c3ccccc3)nc(-n3c4ccccc4c4cc(-c5nc(-c6cccc7c6sc6ccccc67)c6c7ccccc7n(-c7ccccc7)c6n5)ccc43)n2)cc1. The zero-order chi connectivity index (χ0) is 41.4. The van der Waals surface area contributed by atoms with E-state index in [1.165, 1.54) is 20.2 Å². The molecule has 63 heavy (non-hydrogen) atoms. The van der Waals surface area contributed by atoms with E-state index < -0.39 is 0 Å². The van der Waals surface area contributed by atoms with Crippen molar-refractivity contribution in [3.05, 3.63) is 200 Å². The van der Waals surface area contributed by atoms with Gasteiger partial charge in [-0.2, -0.15) is 9.97 Å². The molecule has 5 heterocycles. The lowest BCUT2D eigenvalue weighted by molar-refractivity contribution is 0.953. The Morgan fingerprint density at radius 1 is 0.365 bits per heavy atom. The van der Waals surface area contributed by atoms with Gasteiger partial charge in [-0.15, -0.1) is 11.3 Å². The molecular formula is C55H33N7S. The van der Waals surface area contributed by atoms with Gasteiger partial charge in [-0.25, -0.2) is 15.0 Å². The smallest absolute Gasteiger partial charge is 0.238 e. The summed E-state index contributed by atoms with van der Waals surface area (Å²) in [5.74, 6) is 2.41. The molecular weight excluding hydrogens is 791 g/mol. The van der Waals surface area contributed by atoms with Crippen molar-refractivity contribution in [1.82, 2.24) is 34.1 Å². The highest BCUT2D eigenvalue weighted by molar-refractivity contribution is 7.26. The Morgan fingerprint density at radius 3 is 1.67 bits per heavy atom. The molecule has 0 fully saturated rings. The summed E-state index contributed by atoms with van der Waals surface area (Å²) >= 11 is 1.82. The van der Waals surface area contributed by atoms with E-state index in [2.05, 4.69) is 149 Å². The van der Waals surface area contributed by atoms with Gasteiger partial charge in [-0.3, -0.25) is 9.13 Å². The Morgan fingerprint density at radius 2 is 0.937 bits per heavy atom. The van der Waals surface area contributed by atoms with E-state index in [1.807, 2.05) is 72.0 Å². The van der Waals surface area contributed by atoms with Crippen molar-refractivity contribution in [2.75, 3.05) is 0 Å². The maximum Gasteiger partial charge on any atom is 0.238 e. The molecule has 0 N–H and O–H groups in total. The van der Waals surface area contributed by atoms with Crippen LogP contribution in [0.3, 0.4) is 0 Å². The molecule has 5 aromatic heterocycles. The molecule has 8 heteroatoms. The number of nitrogens with zero attached hydrogens (tertiary/aromatic N) is 7. The van der Waals surface area contributed by atoms with Crippen LogP contribution in [-0.2, 0) is 0 Å². The molecule has 0 bridgehead atoms. The zero-order valence-electron chi connectivity index (χ0n) is 33.6. The van der Waals surface area contributed by atoms with Crippen LogP contribution in [0.25, 0.3) is 121 Å². The lowest BCUT2D eigenvalue weighted by Gasteiger charge is -2.12. The average molecular weight is 824 g/mol. The zero-order valence-corrected chi connectivity index (χ0v) is 34.4. The third kappa shape index (κ3) is 5.62. The maximum absolute atomic E-state index is 5.60. The Balaban J connectivity index is 1.08. The molecule has 13 aromatic rings. The third-order valence-corrected chi connectivity index (χ3v) is 13.2. The van der Waals surface area contributed by atoms with E-state index >= 15 is 0 Å². The highest BCUT2D eigenvalue weighted by atomic mass is 32.1. The van der Waals surface area contributed by atoms with Crippen LogP contribution in [0.1, 0.15) is 0 Å². The summed E-state index contributed by atoms with van der Waals surface area (Å²) in [6, 6.07) is 69.5. The molecule has 0 aliphatic heterocycles. The third-order valence-electron chi connectivity index (χ3n) is 12.0. The molecule has 13 rings (SSSR count). The maximum atomic E-state index is 5.60. The molecule has 0 amide bonds. The van der Waals surface area contributed by atoms with Gasteiger partial charge < -0.3 is 0 Å². The molecule has 8 aromatic carbocycles. The molecule has 0 saturated carbocycles. The first kappa shape index (κ1) is 35.4. The molecule has 0 saturated heterocycles. The first-order valence-corrected chi connectivity index (χ1v) is 21.7. The van der Waals surface area contributed by atoms with Gasteiger partial charge in [0, 0.05) is 64.3 Å². The summed E-state index contributed by atoms with van der Waals surface area (Å²) in [7, 11) is 0. The van der Waals surface area contributed by atoms with Gasteiger partial charge in [-0.1, -0.05) is 152 Å². The molecule has 0 atom stereocenters. The van der Waals surface area contributed by atoms with Gasteiger partial charge in [0.1, 0.15) is 5.65 Å². The van der Waals surface area contributed by atoms with Crippen LogP contribution in [0.5, 0.6) is 0 Å². The molecule has 0 spiro atoms. The lowest BCUT2D eigenvalue weighted by Crippen LogP contribution is -2.06. The van der Waals surface area contributed by atoms with E-state index in [9.17, 15) is 0 Å². The van der Waals surface area contributed by atoms with E-state index in [1.54, 1.807) is 0 Å². The molecule has 7 nitrogen and oxygen atoms in total. The van der Waals surface area contributed by atoms with Crippen LogP contribution >= 0.6 is 11.3 Å². The first-order valence-electron chi connectivity index (χ1n) is 20.9. The Labute approximate surface area is 364 Å². The summed E-state index contributed by atoms with van der Waals surface area (Å²) in [6.07, 6.45) is 0. The molecule has 0 aliphatic rings. The van der Waals surface area contributed by atoms with Crippen molar-refractivity contribution in [2.45, 2.75) is 0 Å². The number of fused-ring (bicyclic) bond motifs is 9. The Kier molecular flexibility index (Phi) is 7.94. The van der Waals surface area contributed by atoms with Crippen molar-refractivity contribution in [3.63, 3.8) is 0 Å². The van der Waals surface area contributed by atoms with Crippen LogP contribution < -0.4 is 0 Å². The van der Waals surface area contributed by atoms with Crippen molar-refractivity contribution >= 4 is 75.3 Å². The molecule has 294 valence electrons. The highest BCUT2D eigenvalue weighted by Crippen LogP contribution is 2.44. The van der Waals surface area contributed by atoms with Crippen molar-refractivity contribution in [2.24, 2.45) is 0 Å². The summed E-state index contributed by atoms with van der Waals surface area (Å²) in [4.78, 5) is 26.4.